The number of sulfonamides is 1. The summed E-state index contributed by atoms with van der Waals surface area (Å²) in [5.41, 5.74) is 0. The van der Waals surface area contributed by atoms with Crippen LogP contribution in [0.3, 0.4) is 0 Å². The quantitative estimate of drug-likeness (QED) is 0.907. The second kappa shape index (κ2) is 5.40. The van der Waals surface area contributed by atoms with E-state index in [9.17, 15) is 17.2 Å². The summed E-state index contributed by atoms with van der Waals surface area (Å²) < 4.78 is 59.8. The van der Waals surface area contributed by atoms with E-state index in [1.807, 2.05) is 0 Å². The molecule has 1 saturated heterocycles. The number of halogens is 2. The van der Waals surface area contributed by atoms with Crippen molar-refractivity contribution in [2.45, 2.75) is 23.8 Å². The van der Waals surface area contributed by atoms with E-state index in [-0.39, 0.29) is 6.61 Å². The zero-order valence-electron chi connectivity index (χ0n) is 9.93. The topological polar surface area (TPSA) is 78.6 Å². The molecule has 0 saturated carbocycles. The van der Waals surface area contributed by atoms with Gasteiger partial charge in [0.05, 0.1) is 6.61 Å². The molecule has 1 unspecified atom stereocenters. The van der Waals surface area contributed by atoms with Crippen molar-refractivity contribution in [3.8, 4) is 5.75 Å². The first kappa shape index (κ1) is 14.2. The highest BCUT2D eigenvalue weighted by Gasteiger charge is 2.25. The first-order chi connectivity index (χ1) is 8.88. The zero-order chi connectivity index (χ0) is 14.0. The standard InChI is InChI=1S/C11H13F2NO4S/c12-7-4-9(13)11(10(5-7)19(14,15)16)18-8-2-1-3-17-6-8/h4-5,8H,1-3,6H2,(H2,14,15,16). The van der Waals surface area contributed by atoms with Gasteiger partial charge in [-0.15, -0.1) is 0 Å². The molecule has 0 aliphatic carbocycles. The van der Waals surface area contributed by atoms with Crippen molar-refractivity contribution in [1.82, 2.24) is 0 Å². The van der Waals surface area contributed by atoms with Crippen LogP contribution in [0.5, 0.6) is 5.75 Å². The van der Waals surface area contributed by atoms with E-state index in [1.54, 1.807) is 0 Å². The Bertz CT molecular complexity index is 570. The average molecular weight is 293 g/mol. The molecule has 1 aliphatic rings. The Labute approximate surface area is 109 Å². The van der Waals surface area contributed by atoms with Gasteiger partial charge in [-0.25, -0.2) is 22.3 Å². The van der Waals surface area contributed by atoms with E-state index >= 15 is 0 Å². The SMILES string of the molecule is NS(=O)(=O)c1cc(F)cc(F)c1OC1CCCOC1. The smallest absolute Gasteiger partial charge is 0.241 e. The molecule has 106 valence electrons. The Kier molecular flexibility index (Phi) is 4.02. The van der Waals surface area contributed by atoms with E-state index in [2.05, 4.69) is 0 Å². The van der Waals surface area contributed by atoms with Crippen LogP contribution in [-0.2, 0) is 14.8 Å². The van der Waals surface area contributed by atoms with Gasteiger partial charge in [0, 0.05) is 12.7 Å². The normalized spacial score (nSPS) is 20.3. The molecule has 0 bridgehead atoms. The lowest BCUT2D eigenvalue weighted by Crippen LogP contribution is -2.29. The minimum atomic E-state index is -4.28. The van der Waals surface area contributed by atoms with Gasteiger partial charge in [0.15, 0.2) is 11.6 Å². The molecule has 19 heavy (non-hydrogen) atoms. The van der Waals surface area contributed by atoms with Gasteiger partial charge in [0.25, 0.3) is 0 Å². The van der Waals surface area contributed by atoms with Crippen molar-refractivity contribution >= 4 is 10.0 Å². The van der Waals surface area contributed by atoms with Crippen LogP contribution in [-0.4, -0.2) is 27.7 Å². The number of ether oxygens (including phenoxy) is 2. The molecule has 0 amide bonds. The molecule has 1 aromatic carbocycles. The number of hydrogen-bond donors (Lipinski definition) is 1. The summed E-state index contributed by atoms with van der Waals surface area (Å²) >= 11 is 0. The Morgan fingerprint density at radius 2 is 2.11 bits per heavy atom. The van der Waals surface area contributed by atoms with Crippen LogP contribution in [0, 0.1) is 11.6 Å². The lowest BCUT2D eigenvalue weighted by Gasteiger charge is -2.24. The van der Waals surface area contributed by atoms with Gasteiger partial charge < -0.3 is 9.47 Å². The summed E-state index contributed by atoms with van der Waals surface area (Å²) in [5.74, 6) is -2.69. The van der Waals surface area contributed by atoms with E-state index in [0.717, 1.165) is 6.42 Å². The van der Waals surface area contributed by atoms with Crippen molar-refractivity contribution in [3.63, 3.8) is 0 Å². The molecule has 1 atom stereocenters. The third-order valence-electron chi connectivity index (χ3n) is 2.68. The third-order valence-corrected chi connectivity index (χ3v) is 3.60. The lowest BCUT2D eigenvalue weighted by molar-refractivity contribution is 0.00448. The minimum absolute atomic E-state index is 0.223. The Morgan fingerprint density at radius 1 is 1.37 bits per heavy atom. The molecule has 1 fully saturated rings. The van der Waals surface area contributed by atoms with E-state index in [0.29, 0.717) is 25.2 Å². The average Bonchev–Trinajstić information content (AvgIpc) is 2.32. The van der Waals surface area contributed by atoms with Crippen LogP contribution in [0.4, 0.5) is 8.78 Å². The Morgan fingerprint density at radius 3 is 2.68 bits per heavy atom. The van der Waals surface area contributed by atoms with Gasteiger partial charge in [-0.1, -0.05) is 0 Å². The van der Waals surface area contributed by atoms with Gasteiger partial charge in [0.1, 0.15) is 16.8 Å². The third kappa shape index (κ3) is 3.40. The van der Waals surface area contributed by atoms with Crippen LogP contribution < -0.4 is 9.88 Å². The highest BCUT2D eigenvalue weighted by atomic mass is 32.2. The Balaban J connectivity index is 2.37. The summed E-state index contributed by atoms with van der Waals surface area (Å²) in [6, 6.07) is 1.19. The molecule has 2 N–H and O–H groups in total. The maximum atomic E-state index is 13.7. The van der Waals surface area contributed by atoms with E-state index < -0.39 is 38.4 Å². The van der Waals surface area contributed by atoms with Crippen LogP contribution in [0.2, 0.25) is 0 Å². The predicted molar refractivity (Wildman–Crippen MR) is 62.2 cm³/mol. The fraction of sp³-hybridized carbons (Fsp3) is 0.455. The van der Waals surface area contributed by atoms with E-state index in [4.69, 9.17) is 14.6 Å². The molecule has 1 heterocycles. The highest BCUT2D eigenvalue weighted by molar-refractivity contribution is 7.89. The zero-order valence-corrected chi connectivity index (χ0v) is 10.8. The van der Waals surface area contributed by atoms with Crippen molar-refractivity contribution in [1.29, 1.82) is 0 Å². The second-order valence-electron chi connectivity index (χ2n) is 4.22. The first-order valence-electron chi connectivity index (χ1n) is 5.64. The van der Waals surface area contributed by atoms with Gasteiger partial charge in [-0.2, -0.15) is 0 Å². The molecule has 0 radical (unpaired) electrons. The predicted octanol–water partition coefficient (Wildman–Crippen LogP) is 1.17. The van der Waals surface area contributed by atoms with Crippen LogP contribution in [0.25, 0.3) is 0 Å². The highest BCUT2D eigenvalue weighted by Crippen LogP contribution is 2.29. The van der Waals surface area contributed by atoms with Crippen molar-refractivity contribution < 1.29 is 26.7 Å². The maximum Gasteiger partial charge on any atom is 0.241 e. The molecule has 0 aromatic heterocycles. The molecule has 1 aliphatic heterocycles. The molecular formula is C11H13F2NO4S. The van der Waals surface area contributed by atoms with Gasteiger partial charge in [-0.05, 0) is 18.9 Å². The Hall–Kier alpha value is -1.25. The van der Waals surface area contributed by atoms with Gasteiger partial charge in [-0.3, -0.25) is 0 Å². The largest absolute Gasteiger partial charge is 0.484 e. The van der Waals surface area contributed by atoms with Crippen LogP contribution in [0.1, 0.15) is 12.8 Å². The van der Waals surface area contributed by atoms with Crippen molar-refractivity contribution in [2.24, 2.45) is 5.14 Å². The number of hydrogen-bond acceptors (Lipinski definition) is 4. The summed E-state index contributed by atoms with van der Waals surface area (Å²) in [5, 5.41) is 4.93. The van der Waals surface area contributed by atoms with Crippen molar-refractivity contribution in [2.75, 3.05) is 13.2 Å². The lowest BCUT2D eigenvalue weighted by atomic mass is 10.2. The number of nitrogens with two attached hydrogens (primary N) is 1. The van der Waals surface area contributed by atoms with Crippen LogP contribution >= 0.6 is 0 Å². The molecule has 1 aromatic rings. The maximum absolute atomic E-state index is 13.7. The fourth-order valence-corrected chi connectivity index (χ4v) is 2.51. The number of rotatable bonds is 3. The van der Waals surface area contributed by atoms with Gasteiger partial charge in [0.2, 0.25) is 10.0 Å². The molecule has 0 spiro atoms. The minimum Gasteiger partial charge on any atom is -0.484 e. The fourth-order valence-electron chi connectivity index (χ4n) is 1.83. The summed E-state index contributed by atoms with van der Waals surface area (Å²) in [6.07, 6.45) is 0.841. The second-order valence-corrected chi connectivity index (χ2v) is 5.75. The van der Waals surface area contributed by atoms with Crippen LogP contribution in [0.15, 0.2) is 17.0 Å². The number of primary sulfonamides is 1. The molecule has 2 rings (SSSR count). The van der Waals surface area contributed by atoms with Crippen molar-refractivity contribution in [3.05, 3.63) is 23.8 Å². The first-order valence-corrected chi connectivity index (χ1v) is 7.19. The summed E-state index contributed by atoms with van der Waals surface area (Å²) in [6.45, 7) is 0.800. The van der Waals surface area contributed by atoms with Gasteiger partial charge >= 0.3 is 0 Å². The summed E-state index contributed by atoms with van der Waals surface area (Å²) in [7, 11) is -4.28. The molecular weight excluding hydrogens is 280 g/mol. The molecule has 8 heteroatoms. The van der Waals surface area contributed by atoms with E-state index in [1.165, 1.54) is 0 Å². The summed E-state index contributed by atoms with van der Waals surface area (Å²) in [4.78, 5) is -0.699. The number of benzene rings is 1. The molecule has 5 nitrogen and oxygen atoms in total. The monoisotopic (exact) mass is 293 g/mol.